The maximum Gasteiger partial charge on any atom is 0.326 e. The summed E-state index contributed by atoms with van der Waals surface area (Å²) in [5, 5.41) is 13.4. The number of rotatable bonds is 2. The zero-order chi connectivity index (χ0) is 14.2. The number of aromatic nitrogens is 2. The number of carbonyl (C=O) groups is 2. The highest BCUT2D eigenvalue weighted by atomic mass is 16.4. The SMILES string of the molecule is Cn1nccc1C(=O)N1CCCC(C)(C)C1C(=O)O. The molecule has 1 N–H and O–H groups in total. The van der Waals surface area contributed by atoms with Crippen molar-refractivity contribution in [3.05, 3.63) is 18.0 Å². The Bertz CT molecular complexity index is 507. The first-order chi connectivity index (χ1) is 8.84. The molecule has 2 heterocycles. The fourth-order valence-electron chi connectivity index (χ4n) is 2.81. The fraction of sp³-hybridized carbons (Fsp3) is 0.615. The number of amides is 1. The normalized spacial score (nSPS) is 22.3. The molecule has 0 spiro atoms. The third kappa shape index (κ3) is 2.34. The van der Waals surface area contributed by atoms with E-state index < -0.39 is 17.4 Å². The number of hydrogen-bond acceptors (Lipinski definition) is 3. The van der Waals surface area contributed by atoms with E-state index >= 15 is 0 Å². The van der Waals surface area contributed by atoms with Crippen molar-refractivity contribution >= 4 is 11.9 Å². The van der Waals surface area contributed by atoms with Crippen molar-refractivity contribution in [2.24, 2.45) is 12.5 Å². The highest BCUT2D eigenvalue weighted by Crippen LogP contribution is 2.35. The molecule has 1 aliphatic heterocycles. The van der Waals surface area contributed by atoms with Crippen molar-refractivity contribution in [1.82, 2.24) is 14.7 Å². The smallest absolute Gasteiger partial charge is 0.326 e. The summed E-state index contributed by atoms with van der Waals surface area (Å²) in [6.07, 6.45) is 3.16. The van der Waals surface area contributed by atoms with Gasteiger partial charge in [0.1, 0.15) is 11.7 Å². The summed E-state index contributed by atoms with van der Waals surface area (Å²) in [6, 6.07) is 0.826. The van der Waals surface area contributed by atoms with Crippen LogP contribution in [0.5, 0.6) is 0 Å². The second-order valence-corrected chi connectivity index (χ2v) is 5.67. The van der Waals surface area contributed by atoms with Crippen LogP contribution in [0.4, 0.5) is 0 Å². The quantitative estimate of drug-likeness (QED) is 0.870. The van der Waals surface area contributed by atoms with Crippen LogP contribution >= 0.6 is 0 Å². The Hall–Kier alpha value is -1.85. The van der Waals surface area contributed by atoms with Gasteiger partial charge in [-0.25, -0.2) is 4.79 Å². The van der Waals surface area contributed by atoms with Gasteiger partial charge in [-0.15, -0.1) is 0 Å². The topological polar surface area (TPSA) is 75.4 Å². The molecule has 1 fully saturated rings. The standard InChI is InChI=1S/C13H19N3O3/c1-13(2)6-4-8-16(10(13)12(18)19)11(17)9-5-7-14-15(9)3/h5,7,10H,4,6,8H2,1-3H3,(H,18,19). The lowest BCUT2D eigenvalue weighted by molar-refractivity contribution is -0.148. The summed E-state index contributed by atoms with van der Waals surface area (Å²) in [4.78, 5) is 25.5. The first kappa shape index (κ1) is 13.6. The van der Waals surface area contributed by atoms with Crippen LogP contribution in [-0.4, -0.2) is 44.3 Å². The first-order valence-electron chi connectivity index (χ1n) is 6.36. The lowest BCUT2D eigenvalue weighted by Crippen LogP contribution is -2.56. The largest absolute Gasteiger partial charge is 0.480 e. The maximum atomic E-state index is 12.5. The van der Waals surface area contributed by atoms with Crippen LogP contribution in [0.25, 0.3) is 0 Å². The molecule has 6 heteroatoms. The number of carbonyl (C=O) groups excluding carboxylic acids is 1. The monoisotopic (exact) mass is 265 g/mol. The van der Waals surface area contributed by atoms with Crippen molar-refractivity contribution < 1.29 is 14.7 Å². The Kier molecular flexibility index (Phi) is 3.34. The number of carboxylic acids is 1. The summed E-state index contributed by atoms with van der Waals surface area (Å²) in [6.45, 7) is 4.27. The lowest BCUT2D eigenvalue weighted by Gasteiger charge is -2.43. The molecular weight excluding hydrogens is 246 g/mol. The molecule has 19 heavy (non-hydrogen) atoms. The molecule has 1 saturated heterocycles. The summed E-state index contributed by atoms with van der Waals surface area (Å²) in [7, 11) is 1.68. The van der Waals surface area contributed by atoms with Gasteiger partial charge in [-0.05, 0) is 24.3 Å². The van der Waals surface area contributed by atoms with E-state index in [0.717, 1.165) is 12.8 Å². The van der Waals surface area contributed by atoms with E-state index in [2.05, 4.69) is 5.10 Å². The predicted octanol–water partition coefficient (Wildman–Crippen LogP) is 1.14. The lowest BCUT2D eigenvalue weighted by atomic mass is 9.76. The molecule has 0 radical (unpaired) electrons. The van der Waals surface area contributed by atoms with Gasteiger partial charge in [0.15, 0.2) is 0 Å². The van der Waals surface area contributed by atoms with E-state index in [1.807, 2.05) is 13.8 Å². The first-order valence-corrected chi connectivity index (χ1v) is 6.36. The summed E-state index contributed by atoms with van der Waals surface area (Å²) < 4.78 is 1.48. The van der Waals surface area contributed by atoms with Crippen molar-refractivity contribution in [2.45, 2.75) is 32.7 Å². The average Bonchev–Trinajstić information content (AvgIpc) is 2.72. The maximum absolute atomic E-state index is 12.5. The Morgan fingerprint density at radius 3 is 2.68 bits per heavy atom. The molecule has 1 aromatic rings. The van der Waals surface area contributed by atoms with Gasteiger partial charge >= 0.3 is 5.97 Å². The van der Waals surface area contributed by atoms with Gasteiger partial charge in [-0.3, -0.25) is 9.48 Å². The van der Waals surface area contributed by atoms with E-state index in [4.69, 9.17) is 0 Å². The highest BCUT2D eigenvalue weighted by Gasteiger charge is 2.45. The van der Waals surface area contributed by atoms with Crippen LogP contribution in [0, 0.1) is 5.41 Å². The van der Waals surface area contributed by atoms with Gasteiger partial charge in [0.05, 0.1) is 0 Å². The minimum atomic E-state index is -0.944. The van der Waals surface area contributed by atoms with Crippen LogP contribution in [0.2, 0.25) is 0 Å². The number of aliphatic carboxylic acids is 1. The highest BCUT2D eigenvalue weighted by molar-refractivity contribution is 5.95. The second kappa shape index (κ2) is 4.68. The minimum absolute atomic E-state index is 0.264. The molecule has 0 aromatic carbocycles. The summed E-state index contributed by atoms with van der Waals surface area (Å²) in [5.74, 6) is -1.21. The summed E-state index contributed by atoms with van der Waals surface area (Å²) >= 11 is 0. The minimum Gasteiger partial charge on any atom is -0.480 e. The van der Waals surface area contributed by atoms with Crippen molar-refractivity contribution in [3.63, 3.8) is 0 Å². The molecule has 0 bridgehead atoms. The molecular formula is C13H19N3O3. The van der Waals surface area contributed by atoms with Crippen LogP contribution in [0.1, 0.15) is 37.2 Å². The molecule has 2 rings (SSSR count). The Labute approximate surface area is 112 Å². The third-order valence-electron chi connectivity index (χ3n) is 3.81. The number of hydrogen-bond donors (Lipinski definition) is 1. The van der Waals surface area contributed by atoms with Gasteiger partial charge < -0.3 is 10.0 Å². The van der Waals surface area contributed by atoms with E-state index in [0.29, 0.717) is 12.2 Å². The second-order valence-electron chi connectivity index (χ2n) is 5.67. The molecule has 1 aliphatic rings. The Morgan fingerprint density at radius 2 is 2.16 bits per heavy atom. The van der Waals surface area contributed by atoms with E-state index in [1.165, 1.54) is 15.8 Å². The number of piperidine rings is 1. The number of likely N-dealkylation sites (tertiary alicyclic amines) is 1. The van der Waals surface area contributed by atoms with Crippen LogP contribution in [-0.2, 0) is 11.8 Å². The van der Waals surface area contributed by atoms with Gasteiger partial charge in [0, 0.05) is 19.8 Å². The predicted molar refractivity (Wildman–Crippen MR) is 68.7 cm³/mol. The van der Waals surface area contributed by atoms with Gasteiger partial charge in [-0.1, -0.05) is 13.8 Å². The van der Waals surface area contributed by atoms with Crippen LogP contribution < -0.4 is 0 Å². The van der Waals surface area contributed by atoms with Crippen molar-refractivity contribution in [2.75, 3.05) is 6.54 Å². The van der Waals surface area contributed by atoms with E-state index in [9.17, 15) is 14.7 Å². The van der Waals surface area contributed by atoms with Crippen LogP contribution in [0.15, 0.2) is 12.3 Å². The Balaban J connectivity index is 2.34. The summed E-state index contributed by atoms with van der Waals surface area (Å²) in [5.41, 5.74) is 0.00201. The van der Waals surface area contributed by atoms with E-state index in [1.54, 1.807) is 13.1 Å². The van der Waals surface area contributed by atoms with Gasteiger partial charge in [0.25, 0.3) is 5.91 Å². The average molecular weight is 265 g/mol. The Morgan fingerprint density at radius 1 is 1.47 bits per heavy atom. The van der Waals surface area contributed by atoms with E-state index in [-0.39, 0.29) is 5.91 Å². The van der Waals surface area contributed by atoms with Crippen LogP contribution in [0.3, 0.4) is 0 Å². The van der Waals surface area contributed by atoms with Crippen molar-refractivity contribution in [1.29, 1.82) is 0 Å². The molecule has 1 unspecified atom stereocenters. The fourth-order valence-corrected chi connectivity index (χ4v) is 2.81. The molecule has 6 nitrogen and oxygen atoms in total. The zero-order valence-corrected chi connectivity index (χ0v) is 11.5. The van der Waals surface area contributed by atoms with Gasteiger partial charge in [-0.2, -0.15) is 5.10 Å². The molecule has 1 aromatic heterocycles. The zero-order valence-electron chi connectivity index (χ0n) is 11.5. The molecule has 104 valence electrons. The van der Waals surface area contributed by atoms with Gasteiger partial charge in [0.2, 0.25) is 0 Å². The molecule has 1 amide bonds. The molecule has 0 aliphatic carbocycles. The molecule has 0 saturated carbocycles. The third-order valence-corrected chi connectivity index (χ3v) is 3.81. The van der Waals surface area contributed by atoms with Crippen molar-refractivity contribution in [3.8, 4) is 0 Å². The number of aryl methyl sites for hydroxylation is 1. The number of nitrogens with zero attached hydrogens (tertiary/aromatic N) is 3. The molecule has 1 atom stereocenters. The number of carboxylic acid groups (broad SMARTS) is 1.